The van der Waals surface area contributed by atoms with Gasteiger partial charge in [0, 0.05) is 4.47 Å². The molecule has 0 radical (unpaired) electrons. The summed E-state index contributed by atoms with van der Waals surface area (Å²) < 4.78 is 14.3. The predicted molar refractivity (Wildman–Crippen MR) is 65.5 cm³/mol. The van der Waals surface area contributed by atoms with E-state index in [-0.39, 0.29) is 5.82 Å². The van der Waals surface area contributed by atoms with E-state index in [2.05, 4.69) is 28.2 Å². The van der Waals surface area contributed by atoms with Crippen molar-refractivity contribution < 1.29 is 4.39 Å². The third kappa shape index (κ3) is 4.31. The quantitative estimate of drug-likeness (QED) is 0.868. The maximum atomic E-state index is 13.5. The lowest BCUT2D eigenvalue weighted by atomic mass is 9.98. The SMILES string of the molecule is CNCCC(C)Cc1ccc(Br)cc1F. The first-order valence-corrected chi connectivity index (χ1v) is 6.01. The minimum Gasteiger partial charge on any atom is -0.320 e. The van der Waals surface area contributed by atoms with Crippen LogP contribution in [0.1, 0.15) is 18.9 Å². The molecule has 1 aromatic rings. The van der Waals surface area contributed by atoms with Crippen LogP contribution in [0.15, 0.2) is 22.7 Å². The summed E-state index contributed by atoms with van der Waals surface area (Å²) in [6.07, 6.45) is 1.88. The van der Waals surface area contributed by atoms with Crippen molar-refractivity contribution in [2.45, 2.75) is 19.8 Å². The van der Waals surface area contributed by atoms with Crippen molar-refractivity contribution >= 4 is 15.9 Å². The van der Waals surface area contributed by atoms with Crippen molar-refractivity contribution in [1.82, 2.24) is 5.32 Å². The maximum absolute atomic E-state index is 13.5. The van der Waals surface area contributed by atoms with E-state index in [9.17, 15) is 4.39 Å². The normalized spacial score (nSPS) is 12.8. The summed E-state index contributed by atoms with van der Waals surface area (Å²) in [5, 5.41) is 3.11. The molecule has 1 aromatic carbocycles. The summed E-state index contributed by atoms with van der Waals surface area (Å²) in [6, 6.07) is 5.28. The van der Waals surface area contributed by atoms with Crippen molar-refractivity contribution in [3.05, 3.63) is 34.1 Å². The van der Waals surface area contributed by atoms with E-state index in [1.54, 1.807) is 0 Å². The number of rotatable bonds is 5. The molecular weight excluding hydrogens is 257 g/mol. The Balaban J connectivity index is 2.56. The fourth-order valence-corrected chi connectivity index (χ4v) is 1.89. The van der Waals surface area contributed by atoms with Gasteiger partial charge in [-0.05, 0) is 50.0 Å². The lowest BCUT2D eigenvalue weighted by Gasteiger charge is -2.11. The number of hydrogen-bond donors (Lipinski definition) is 1. The van der Waals surface area contributed by atoms with Crippen LogP contribution in [0.5, 0.6) is 0 Å². The topological polar surface area (TPSA) is 12.0 Å². The Hall–Kier alpha value is -0.410. The molecule has 0 fully saturated rings. The molecule has 0 bridgehead atoms. The molecule has 0 spiro atoms. The molecule has 0 aromatic heterocycles. The molecule has 0 amide bonds. The number of nitrogens with one attached hydrogen (secondary N) is 1. The Bertz CT molecular complexity index is 314. The van der Waals surface area contributed by atoms with Gasteiger partial charge in [0.1, 0.15) is 5.82 Å². The number of halogens is 2. The zero-order valence-electron chi connectivity index (χ0n) is 9.19. The Morgan fingerprint density at radius 3 is 2.80 bits per heavy atom. The average molecular weight is 274 g/mol. The first-order chi connectivity index (χ1) is 7.13. The van der Waals surface area contributed by atoms with E-state index >= 15 is 0 Å². The molecule has 0 aliphatic heterocycles. The molecule has 1 rings (SSSR count). The Kier molecular flexibility index (Phi) is 5.26. The lowest BCUT2D eigenvalue weighted by Crippen LogP contribution is -2.13. The van der Waals surface area contributed by atoms with Crippen molar-refractivity contribution in [1.29, 1.82) is 0 Å². The molecule has 0 heterocycles. The van der Waals surface area contributed by atoms with E-state index in [0.717, 1.165) is 29.4 Å². The summed E-state index contributed by atoms with van der Waals surface area (Å²) in [7, 11) is 1.94. The van der Waals surface area contributed by atoms with Crippen LogP contribution in [-0.4, -0.2) is 13.6 Å². The average Bonchev–Trinajstić information content (AvgIpc) is 2.19. The summed E-state index contributed by atoms with van der Waals surface area (Å²) >= 11 is 3.25. The van der Waals surface area contributed by atoms with Gasteiger partial charge in [-0.1, -0.05) is 28.9 Å². The Morgan fingerprint density at radius 2 is 2.20 bits per heavy atom. The second-order valence-electron chi connectivity index (χ2n) is 3.94. The third-order valence-electron chi connectivity index (χ3n) is 2.47. The molecule has 1 N–H and O–H groups in total. The molecule has 0 aliphatic carbocycles. The van der Waals surface area contributed by atoms with Gasteiger partial charge in [-0.3, -0.25) is 0 Å². The smallest absolute Gasteiger partial charge is 0.127 e. The van der Waals surface area contributed by atoms with Crippen molar-refractivity contribution in [2.24, 2.45) is 5.92 Å². The van der Waals surface area contributed by atoms with E-state index in [1.165, 1.54) is 6.07 Å². The molecule has 1 atom stereocenters. The van der Waals surface area contributed by atoms with Crippen LogP contribution in [0, 0.1) is 11.7 Å². The minimum atomic E-state index is -0.110. The standard InChI is InChI=1S/C12H17BrFN/c1-9(5-6-15-2)7-10-3-4-11(13)8-12(10)14/h3-4,8-9,15H,5-7H2,1-2H3. The Morgan fingerprint density at radius 1 is 1.47 bits per heavy atom. The van der Waals surface area contributed by atoms with E-state index in [0.29, 0.717) is 5.92 Å². The van der Waals surface area contributed by atoms with E-state index < -0.39 is 0 Å². The first kappa shape index (κ1) is 12.7. The molecule has 3 heteroatoms. The highest BCUT2D eigenvalue weighted by atomic mass is 79.9. The van der Waals surface area contributed by atoms with Crippen LogP contribution in [0.2, 0.25) is 0 Å². The van der Waals surface area contributed by atoms with Gasteiger partial charge in [0.25, 0.3) is 0 Å². The summed E-state index contributed by atoms with van der Waals surface area (Å²) in [5.41, 5.74) is 0.807. The van der Waals surface area contributed by atoms with Crippen LogP contribution in [0.25, 0.3) is 0 Å². The van der Waals surface area contributed by atoms with Crippen LogP contribution in [0.3, 0.4) is 0 Å². The lowest BCUT2D eigenvalue weighted by molar-refractivity contribution is 0.499. The van der Waals surface area contributed by atoms with E-state index in [4.69, 9.17) is 0 Å². The van der Waals surface area contributed by atoms with Gasteiger partial charge < -0.3 is 5.32 Å². The van der Waals surface area contributed by atoms with Crippen LogP contribution >= 0.6 is 15.9 Å². The third-order valence-corrected chi connectivity index (χ3v) is 2.96. The second kappa shape index (κ2) is 6.23. The highest BCUT2D eigenvalue weighted by molar-refractivity contribution is 9.10. The summed E-state index contributed by atoms with van der Waals surface area (Å²) in [6.45, 7) is 3.14. The fourth-order valence-electron chi connectivity index (χ4n) is 1.56. The van der Waals surface area contributed by atoms with Crippen molar-refractivity contribution in [3.8, 4) is 0 Å². The van der Waals surface area contributed by atoms with Crippen LogP contribution in [0.4, 0.5) is 4.39 Å². The summed E-state index contributed by atoms with van der Waals surface area (Å²) in [4.78, 5) is 0. The summed E-state index contributed by atoms with van der Waals surface area (Å²) in [5.74, 6) is 0.397. The van der Waals surface area contributed by atoms with Crippen molar-refractivity contribution in [3.63, 3.8) is 0 Å². The first-order valence-electron chi connectivity index (χ1n) is 5.22. The molecule has 0 aliphatic rings. The van der Waals surface area contributed by atoms with Gasteiger partial charge in [-0.25, -0.2) is 4.39 Å². The second-order valence-corrected chi connectivity index (χ2v) is 4.85. The Labute approximate surface area is 99.2 Å². The predicted octanol–water partition coefficient (Wildman–Crippen LogP) is 3.38. The van der Waals surface area contributed by atoms with Gasteiger partial charge in [0.15, 0.2) is 0 Å². The zero-order valence-corrected chi connectivity index (χ0v) is 10.8. The van der Waals surface area contributed by atoms with Gasteiger partial charge in [-0.15, -0.1) is 0 Å². The maximum Gasteiger partial charge on any atom is 0.127 e. The monoisotopic (exact) mass is 273 g/mol. The molecule has 15 heavy (non-hydrogen) atoms. The minimum absolute atomic E-state index is 0.110. The van der Waals surface area contributed by atoms with Crippen molar-refractivity contribution in [2.75, 3.05) is 13.6 Å². The van der Waals surface area contributed by atoms with Crippen LogP contribution < -0.4 is 5.32 Å². The zero-order chi connectivity index (χ0) is 11.3. The molecule has 0 saturated carbocycles. The number of hydrogen-bond acceptors (Lipinski definition) is 1. The van der Waals surface area contributed by atoms with E-state index in [1.807, 2.05) is 19.2 Å². The highest BCUT2D eigenvalue weighted by Crippen LogP contribution is 2.19. The van der Waals surface area contributed by atoms with Gasteiger partial charge in [0.05, 0.1) is 0 Å². The molecule has 84 valence electrons. The van der Waals surface area contributed by atoms with Gasteiger partial charge in [0.2, 0.25) is 0 Å². The molecule has 1 nitrogen and oxygen atoms in total. The fraction of sp³-hybridized carbons (Fsp3) is 0.500. The van der Waals surface area contributed by atoms with Gasteiger partial charge >= 0.3 is 0 Å². The van der Waals surface area contributed by atoms with Crippen LogP contribution in [-0.2, 0) is 6.42 Å². The molecular formula is C12H17BrFN. The molecule has 1 unspecified atom stereocenters. The highest BCUT2D eigenvalue weighted by Gasteiger charge is 2.07. The van der Waals surface area contributed by atoms with Gasteiger partial charge in [-0.2, -0.15) is 0 Å². The largest absolute Gasteiger partial charge is 0.320 e. The number of benzene rings is 1. The molecule has 0 saturated heterocycles.